The van der Waals surface area contributed by atoms with Crippen LogP contribution in [0.1, 0.15) is 38.9 Å². The third-order valence-corrected chi connectivity index (χ3v) is 5.13. The van der Waals surface area contributed by atoms with E-state index in [0.717, 1.165) is 12.0 Å². The topological polar surface area (TPSA) is 104 Å². The van der Waals surface area contributed by atoms with Gasteiger partial charge in [0.05, 0.1) is 0 Å². The summed E-state index contributed by atoms with van der Waals surface area (Å²) < 4.78 is 0. The zero-order valence-electron chi connectivity index (χ0n) is 18.0. The van der Waals surface area contributed by atoms with E-state index in [1.807, 2.05) is 19.1 Å². The van der Waals surface area contributed by atoms with E-state index in [4.69, 9.17) is 0 Å². The summed E-state index contributed by atoms with van der Waals surface area (Å²) in [6, 6.07) is 4.43. The maximum atomic E-state index is 12.6. The highest BCUT2D eigenvalue weighted by Crippen LogP contribution is 2.26. The molecule has 6 heteroatoms. The highest BCUT2D eigenvalue weighted by Gasteiger charge is 2.47. The molecule has 0 aromatic heterocycles. The van der Waals surface area contributed by atoms with E-state index in [9.17, 15) is 24.6 Å². The summed E-state index contributed by atoms with van der Waals surface area (Å²) in [5.74, 6) is -2.98. The lowest BCUT2D eigenvalue weighted by atomic mass is 9.93. The second-order valence-corrected chi connectivity index (χ2v) is 7.66. The van der Waals surface area contributed by atoms with E-state index in [1.165, 1.54) is 36.4 Å². The van der Waals surface area contributed by atoms with Crippen LogP contribution >= 0.6 is 0 Å². The molecule has 1 aliphatic rings. The van der Waals surface area contributed by atoms with E-state index in [2.05, 4.69) is 25.2 Å². The van der Waals surface area contributed by atoms with Crippen LogP contribution in [0, 0.1) is 11.8 Å². The summed E-state index contributed by atoms with van der Waals surface area (Å²) in [5.41, 5.74) is 1.50. The number of Topliss-reactive ketones (excluding diaryl/α,β-unsaturated/α-hetero) is 1. The van der Waals surface area contributed by atoms with Gasteiger partial charge in [-0.2, -0.15) is 0 Å². The van der Waals surface area contributed by atoms with E-state index in [-0.39, 0.29) is 5.75 Å². The number of carbonyl (C=O) groups excluding carboxylic acids is 3. The van der Waals surface area contributed by atoms with E-state index < -0.39 is 35.5 Å². The van der Waals surface area contributed by atoms with Crippen LogP contribution in [0.5, 0.6) is 5.75 Å². The molecular formula is C25H29NO5. The number of rotatable bonds is 9. The number of nitrogens with one attached hydrogen (secondary N) is 1. The van der Waals surface area contributed by atoms with Crippen molar-refractivity contribution >= 4 is 17.5 Å². The van der Waals surface area contributed by atoms with Crippen molar-refractivity contribution in [3.63, 3.8) is 0 Å². The lowest BCUT2D eigenvalue weighted by Gasteiger charge is -2.17. The van der Waals surface area contributed by atoms with Gasteiger partial charge >= 0.3 is 0 Å². The average Bonchev–Trinajstić information content (AvgIpc) is 3.04. The molecule has 0 spiro atoms. The first kappa shape index (κ1) is 24.0. The lowest BCUT2D eigenvalue weighted by molar-refractivity contribution is -0.134. The van der Waals surface area contributed by atoms with Crippen molar-refractivity contribution in [2.24, 2.45) is 11.8 Å². The molecule has 1 saturated heterocycles. The van der Waals surface area contributed by atoms with Crippen LogP contribution < -0.4 is 5.32 Å². The molecular weight excluding hydrogens is 394 g/mol. The van der Waals surface area contributed by atoms with Gasteiger partial charge in [-0.1, -0.05) is 74.4 Å². The van der Waals surface area contributed by atoms with Crippen LogP contribution in [0.25, 0.3) is 0 Å². The van der Waals surface area contributed by atoms with Gasteiger partial charge in [-0.15, -0.1) is 0 Å². The summed E-state index contributed by atoms with van der Waals surface area (Å²) in [7, 11) is 0. The number of hydrogen-bond acceptors (Lipinski definition) is 5. The number of carbonyl (C=O) groups is 3. The molecule has 1 amide bonds. The maximum Gasteiger partial charge on any atom is 0.239 e. The summed E-state index contributed by atoms with van der Waals surface area (Å²) in [6.07, 6.45) is 11.8. The summed E-state index contributed by atoms with van der Waals surface area (Å²) in [6.45, 7) is 6.30. The van der Waals surface area contributed by atoms with Gasteiger partial charge in [0.2, 0.25) is 5.91 Å². The predicted octanol–water partition coefficient (Wildman–Crippen LogP) is 3.34. The monoisotopic (exact) mass is 423 g/mol. The van der Waals surface area contributed by atoms with Crippen molar-refractivity contribution in [2.45, 2.75) is 39.3 Å². The zero-order chi connectivity index (χ0) is 23.0. The van der Waals surface area contributed by atoms with E-state index in [1.54, 1.807) is 12.2 Å². The number of hydrogen-bond donors (Lipinski definition) is 3. The van der Waals surface area contributed by atoms with E-state index in [0.29, 0.717) is 11.5 Å². The minimum Gasteiger partial charge on any atom is -0.508 e. The van der Waals surface area contributed by atoms with Crippen molar-refractivity contribution in [2.75, 3.05) is 0 Å². The number of phenolic OH excluding ortho intramolecular Hbond substituents is 1. The molecule has 1 fully saturated rings. The SMILES string of the molecule is CC[C@@H](C)/C=C(C)/C=C/C=C/C=C/C(=O)C1C(=O)N[C@@H]([C@@H](O)c2ccc(O)cc2)C1=O. The van der Waals surface area contributed by atoms with Crippen LogP contribution in [0.2, 0.25) is 0 Å². The number of amides is 1. The van der Waals surface area contributed by atoms with Crippen LogP contribution in [0.3, 0.4) is 0 Å². The molecule has 0 bridgehead atoms. The Kier molecular flexibility index (Phi) is 8.70. The molecule has 0 radical (unpaired) electrons. The normalized spacial score (nSPS) is 21.9. The summed E-state index contributed by atoms with van der Waals surface area (Å²) in [5, 5.41) is 22.2. The second kappa shape index (κ2) is 11.2. The molecule has 1 aliphatic heterocycles. The third kappa shape index (κ3) is 6.62. The molecule has 31 heavy (non-hydrogen) atoms. The maximum absolute atomic E-state index is 12.6. The summed E-state index contributed by atoms with van der Waals surface area (Å²) in [4.78, 5) is 37.1. The molecule has 164 valence electrons. The van der Waals surface area contributed by atoms with Gasteiger partial charge in [0.25, 0.3) is 0 Å². The quantitative estimate of drug-likeness (QED) is 0.321. The van der Waals surface area contributed by atoms with Crippen molar-refractivity contribution in [1.82, 2.24) is 5.32 Å². The fourth-order valence-corrected chi connectivity index (χ4v) is 3.19. The van der Waals surface area contributed by atoms with E-state index >= 15 is 0 Å². The van der Waals surface area contributed by atoms with Gasteiger partial charge in [0.15, 0.2) is 17.5 Å². The minimum absolute atomic E-state index is 0.0144. The molecule has 1 aromatic carbocycles. The zero-order valence-corrected chi connectivity index (χ0v) is 18.0. The Morgan fingerprint density at radius 3 is 2.32 bits per heavy atom. The number of phenols is 1. The van der Waals surface area contributed by atoms with Crippen LogP contribution in [0.15, 0.2) is 72.4 Å². The Balaban J connectivity index is 1.97. The van der Waals surface area contributed by atoms with Gasteiger partial charge in [-0.05, 0) is 36.6 Å². The largest absolute Gasteiger partial charge is 0.508 e. The molecule has 6 nitrogen and oxygen atoms in total. The molecule has 1 aromatic rings. The average molecular weight is 424 g/mol. The Morgan fingerprint density at radius 2 is 1.71 bits per heavy atom. The predicted molar refractivity (Wildman–Crippen MR) is 119 cm³/mol. The van der Waals surface area contributed by atoms with Crippen molar-refractivity contribution in [3.05, 3.63) is 77.9 Å². The minimum atomic E-state index is -1.47. The fourth-order valence-electron chi connectivity index (χ4n) is 3.19. The van der Waals surface area contributed by atoms with Crippen LogP contribution in [0.4, 0.5) is 0 Å². The number of benzene rings is 1. The van der Waals surface area contributed by atoms with Gasteiger partial charge in [0, 0.05) is 0 Å². The lowest BCUT2D eigenvalue weighted by Crippen LogP contribution is -2.35. The molecule has 0 saturated carbocycles. The second-order valence-electron chi connectivity index (χ2n) is 7.66. The number of aromatic hydroxyl groups is 1. The van der Waals surface area contributed by atoms with Gasteiger partial charge in [-0.3, -0.25) is 14.4 Å². The molecule has 4 atom stereocenters. The molecule has 0 aliphatic carbocycles. The van der Waals surface area contributed by atoms with Crippen LogP contribution in [-0.4, -0.2) is 33.7 Å². The first-order valence-corrected chi connectivity index (χ1v) is 10.3. The Hall–Kier alpha value is -3.25. The number of allylic oxidation sites excluding steroid dienone is 8. The number of ketones is 2. The van der Waals surface area contributed by atoms with Crippen LogP contribution in [-0.2, 0) is 14.4 Å². The molecule has 3 N–H and O–H groups in total. The fraction of sp³-hybridized carbons (Fsp3) is 0.320. The standard InChI is InChI=1S/C25H29NO5/c1-4-16(2)15-17(3)9-7-5-6-8-10-20(28)21-24(30)22(26-25(21)31)23(29)18-11-13-19(27)14-12-18/h5-16,21-23,27,29H,4H2,1-3H3,(H,26,31)/b6-5+,9-7+,10-8+,17-15+/t16-,21?,22+,23+/m1/s1. The number of aliphatic hydroxyl groups is 1. The van der Waals surface area contributed by atoms with Gasteiger partial charge in [-0.25, -0.2) is 0 Å². The molecule has 1 unspecified atom stereocenters. The van der Waals surface area contributed by atoms with Crippen molar-refractivity contribution in [1.29, 1.82) is 0 Å². The number of aliphatic hydroxyl groups excluding tert-OH is 1. The smallest absolute Gasteiger partial charge is 0.239 e. The third-order valence-electron chi connectivity index (χ3n) is 5.13. The Morgan fingerprint density at radius 1 is 1.10 bits per heavy atom. The Labute approximate surface area is 182 Å². The van der Waals surface area contributed by atoms with Gasteiger partial charge in [0.1, 0.15) is 17.9 Å². The highest BCUT2D eigenvalue weighted by molar-refractivity contribution is 6.26. The van der Waals surface area contributed by atoms with Crippen molar-refractivity contribution < 1.29 is 24.6 Å². The first-order chi connectivity index (χ1) is 14.7. The summed E-state index contributed by atoms with van der Waals surface area (Å²) >= 11 is 0. The van der Waals surface area contributed by atoms with Gasteiger partial charge < -0.3 is 15.5 Å². The first-order valence-electron chi connectivity index (χ1n) is 10.3. The Bertz CT molecular complexity index is 924. The molecule has 2 rings (SSSR count). The molecule has 1 heterocycles. The van der Waals surface area contributed by atoms with Crippen molar-refractivity contribution in [3.8, 4) is 5.75 Å². The highest BCUT2D eigenvalue weighted by atomic mass is 16.3.